The van der Waals surface area contributed by atoms with Crippen molar-refractivity contribution in [2.45, 2.75) is 114 Å². The van der Waals surface area contributed by atoms with Crippen LogP contribution in [-0.2, 0) is 60.1 Å². The Balaban J connectivity index is 1.25. The molecule has 1 aliphatic carbocycles. The number of carbonyl (C=O) groups excluding carboxylic acids is 5. The molecule has 7 rings (SSSR count). The van der Waals surface area contributed by atoms with Gasteiger partial charge in [0.1, 0.15) is 41.5 Å². The Hall–Kier alpha value is -5.49. The molecule has 3 aromatic carbocycles. The summed E-state index contributed by atoms with van der Waals surface area (Å²) in [6.45, 7) is 5.93. The molecule has 3 aliphatic heterocycles. The van der Waals surface area contributed by atoms with Gasteiger partial charge in [0.2, 0.25) is 23.5 Å². The van der Waals surface area contributed by atoms with Crippen LogP contribution in [0, 0.1) is 5.41 Å². The van der Waals surface area contributed by atoms with Crippen molar-refractivity contribution in [3.63, 3.8) is 0 Å². The second-order valence-electron chi connectivity index (χ2n) is 17.7. The number of nitrogens with one attached hydrogen (secondary N) is 2. The lowest BCUT2D eigenvalue weighted by Gasteiger charge is -2.49. The first-order valence-electron chi connectivity index (χ1n) is 21.2. The lowest BCUT2D eigenvalue weighted by Crippen LogP contribution is -2.71. The van der Waals surface area contributed by atoms with Gasteiger partial charge in [-0.25, -0.2) is 0 Å². The summed E-state index contributed by atoms with van der Waals surface area (Å²) < 4.78 is 25.5. The second-order valence-corrected chi connectivity index (χ2v) is 17.7. The van der Waals surface area contributed by atoms with Crippen molar-refractivity contribution < 1.29 is 58.0 Å². The number of hydrogen-bond acceptors (Lipinski definition) is 13. The molecule has 3 amide bonds. The minimum absolute atomic E-state index is 0.0208. The zero-order chi connectivity index (χ0) is 45.3. The number of fused-ring (bicyclic) bond motifs is 4. The maximum absolute atomic E-state index is 15.3. The van der Waals surface area contributed by atoms with E-state index in [0.29, 0.717) is 22.3 Å². The van der Waals surface area contributed by atoms with Gasteiger partial charge in [0.25, 0.3) is 0 Å². The number of hydrogen-bond donors (Lipinski definition) is 4. The van der Waals surface area contributed by atoms with Crippen LogP contribution in [0.25, 0.3) is 6.08 Å². The van der Waals surface area contributed by atoms with Crippen molar-refractivity contribution in [1.29, 1.82) is 0 Å². The average Bonchev–Trinajstić information content (AvgIpc) is 3.83. The highest BCUT2D eigenvalue weighted by molar-refractivity contribution is 5.96. The molecule has 3 heterocycles. The highest BCUT2D eigenvalue weighted by Gasteiger charge is 2.76. The molecule has 63 heavy (non-hydrogen) atoms. The average molecular weight is 869 g/mol. The van der Waals surface area contributed by atoms with E-state index in [9.17, 15) is 29.4 Å². The quantitative estimate of drug-likeness (QED) is 0.129. The van der Waals surface area contributed by atoms with E-state index in [-0.39, 0.29) is 31.7 Å². The van der Waals surface area contributed by atoms with Crippen LogP contribution in [0.15, 0.2) is 91.0 Å². The van der Waals surface area contributed by atoms with E-state index in [2.05, 4.69) is 10.6 Å². The molecule has 0 radical (unpaired) electrons. The van der Waals surface area contributed by atoms with Gasteiger partial charge in [0.15, 0.2) is 6.04 Å². The molecule has 3 saturated heterocycles. The number of hydroxylamine groups is 2. The van der Waals surface area contributed by atoms with Crippen LogP contribution in [0.5, 0.6) is 0 Å². The fourth-order valence-corrected chi connectivity index (χ4v) is 8.87. The van der Waals surface area contributed by atoms with Gasteiger partial charge in [-0.1, -0.05) is 84.9 Å². The molecule has 16 heteroatoms. The number of benzene rings is 3. The normalized spacial score (nSPS) is 26.2. The summed E-state index contributed by atoms with van der Waals surface area (Å²) in [5.41, 5.74) is 0.134. The summed E-state index contributed by atoms with van der Waals surface area (Å²) in [6, 6.07) is 22.0. The van der Waals surface area contributed by atoms with E-state index in [1.54, 1.807) is 47.0 Å². The smallest absolute Gasteiger partial charge is 0.327 e. The number of carbonyl (C=O) groups is 5. The number of ether oxygens (including phenoxy) is 4. The molecular weight excluding hydrogens is 813 g/mol. The topological polar surface area (TPSA) is 202 Å². The number of aliphatic hydroxyl groups is 2. The first kappa shape index (κ1) is 45.5. The first-order valence-corrected chi connectivity index (χ1v) is 21.2. The fraction of sp³-hybridized carbons (Fsp3) is 0.468. The third-order valence-corrected chi connectivity index (χ3v) is 11.8. The van der Waals surface area contributed by atoms with Gasteiger partial charge in [0, 0.05) is 44.1 Å². The molecule has 4 N–H and O–H groups in total. The molecule has 0 spiro atoms. The van der Waals surface area contributed by atoms with Crippen LogP contribution >= 0.6 is 0 Å². The van der Waals surface area contributed by atoms with Gasteiger partial charge < -0.3 is 44.7 Å². The minimum Gasteiger partial charge on any atom is -0.460 e. The Labute approximate surface area is 366 Å². The lowest BCUT2D eigenvalue weighted by molar-refractivity contribution is -0.213. The lowest BCUT2D eigenvalue weighted by atomic mass is 9.62. The van der Waals surface area contributed by atoms with Crippen LogP contribution < -0.4 is 10.6 Å². The Morgan fingerprint density at radius 2 is 1.56 bits per heavy atom. The standard InChI is InChI=1S/C47H56N4O12/c1-28(53)37(42(56)48-33(27-52)22-24-36(55)60-45(2,3)4)49-44(58)46-25-34-38-39(62-47(61-38,31-17-9-7-10-18-31)32-19-11-8-12-20-32)41(46)63-51(40(46)43(57)59-34)26-30-16-14-13-15-29(30)21-23-35(54)50(5)6/h7-21,23,28,33-34,37-41,52-53H,22,24-27H2,1-6H3,(H,48,56)(H,49,58). The summed E-state index contributed by atoms with van der Waals surface area (Å²) in [4.78, 5) is 76.9. The zero-order valence-electron chi connectivity index (χ0n) is 36.3. The largest absolute Gasteiger partial charge is 0.460 e. The number of likely N-dealkylation sites (N-methyl/N-ethyl adjacent to an activating group) is 1. The third kappa shape index (κ3) is 9.14. The zero-order valence-corrected chi connectivity index (χ0v) is 36.3. The molecule has 4 aliphatic rings. The Morgan fingerprint density at radius 1 is 0.937 bits per heavy atom. The summed E-state index contributed by atoms with van der Waals surface area (Å²) >= 11 is 0. The number of aliphatic hydroxyl groups excluding tert-OH is 2. The van der Waals surface area contributed by atoms with Gasteiger partial charge in [-0.3, -0.25) is 28.8 Å². The van der Waals surface area contributed by atoms with Gasteiger partial charge in [-0.05, 0) is 51.3 Å². The van der Waals surface area contributed by atoms with Crippen molar-refractivity contribution >= 4 is 35.7 Å². The first-order chi connectivity index (χ1) is 30.0. The van der Waals surface area contributed by atoms with Crippen molar-refractivity contribution in [3.05, 3.63) is 113 Å². The van der Waals surface area contributed by atoms with Gasteiger partial charge in [0.05, 0.1) is 25.3 Å². The van der Waals surface area contributed by atoms with E-state index in [1.165, 1.54) is 23.0 Å². The second kappa shape index (κ2) is 18.3. The molecule has 9 unspecified atom stereocenters. The number of nitrogens with zero attached hydrogens (tertiary/aromatic N) is 2. The van der Waals surface area contributed by atoms with Crippen molar-refractivity contribution in [2.24, 2.45) is 5.41 Å². The number of rotatable bonds is 15. The van der Waals surface area contributed by atoms with E-state index >= 15 is 4.79 Å². The molecule has 16 nitrogen and oxygen atoms in total. The van der Waals surface area contributed by atoms with Crippen LogP contribution in [-0.4, -0.2) is 125 Å². The highest BCUT2D eigenvalue weighted by atomic mass is 16.8. The number of esters is 2. The Kier molecular flexibility index (Phi) is 13.2. The van der Waals surface area contributed by atoms with Crippen LogP contribution in [0.1, 0.15) is 69.2 Å². The van der Waals surface area contributed by atoms with E-state index in [4.69, 9.17) is 23.8 Å². The van der Waals surface area contributed by atoms with Crippen LogP contribution in [0.2, 0.25) is 0 Å². The summed E-state index contributed by atoms with van der Waals surface area (Å²) in [5.74, 6) is -4.64. The summed E-state index contributed by atoms with van der Waals surface area (Å²) in [6.07, 6.45) is -2.68. The van der Waals surface area contributed by atoms with E-state index in [1.807, 2.05) is 78.9 Å². The fourth-order valence-electron chi connectivity index (χ4n) is 8.87. The number of amides is 3. The molecule has 9 atom stereocenters. The molecule has 1 saturated carbocycles. The summed E-state index contributed by atoms with van der Waals surface area (Å²) in [5, 5.41) is 28.0. The van der Waals surface area contributed by atoms with Crippen molar-refractivity contribution in [2.75, 3.05) is 20.7 Å². The predicted molar refractivity (Wildman–Crippen MR) is 226 cm³/mol. The molecule has 2 bridgehead atoms. The maximum atomic E-state index is 15.3. The predicted octanol–water partition coefficient (Wildman–Crippen LogP) is 2.74. The highest BCUT2D eigenvalue weighted by Crippen LogP contribution is 2.59. The minimum atomic E-state index is -1.76. The Morgan fingerprint density at radius 3 is 2.16 bits per heavy atom. The molecule has 3 aromatic rings. The monoisotopic (exact) mass is 868 g/mol. The van der Waals surface area contributed by atoms with Gasteiger partial charge in [-0.15, -0.1) is 0 Å². The molecule has 0 aromatic heterocycles. The Bertz CT molecular complexity index is 2150. The summed E-state index contributed by atoms with van der Waals surface area (Å²) in [7, 11) is 3.28. The van der Waals surface area contributed by atoms with Crippen LogP contribution in [0.3, 0.4) is 0 Å². The van der Waals surface area contributed by atoms with Crippen LogP contribution in [0.4, 0.5) is 0 Å². The molecular formula is C47H56N4O12. The molecule has 336 valence electrons. The van der Waals surface area contributed by atoms with E-state index < -0.39 is 95.8 Å². The van der Waals surface area contributed by atoms with Crippen molar-refractivity contribution in [3.8, 4) is 0 Å². The third-order valence-electron chi connectivity index (χ3n) is 11.8. The van der Waals surface area contributed by atoms with E-state index in [0.717, 1.165) is 0 Å². The SMILES string of the molecule is CC(O)C(NC(=O)C12CC3OC(=O)C1N(Cc1ccccc1C=CC(=O)N(C)C)OC2C1OC(c2ccccc2)(c2ccccc2)OC31)C(=O)NC(CO)CCC(=O)OC(C)(C)C. The van der Waals surface area contributed by atoms with Gasteiger partial charge in [-0.2, -0.15) is 5.06 Å². The van der Waals surface area contributed by atoms with Gasteiger partial charge >= 0.3 is 11.9 Å². The maximum Gasteiger partial charge on any atom is 0.327 e. The van der Waals surface area contributed by atoms with Crippen molar-refractivity contribution in [1.82, 2.24) is 20.6 Å². The molecule has 4 fully saturated rings.